The molecule has 0 N–H and O–H groups in total. The van der Waals surface area contributed by atoms with Gasteiger partial charge in [-0.3, -0.25) is 9.00 Å². The molecule has 1 unspecified atom stereocenters. The highest BCUT2D eigenvalue weighted by Crippen LogP contribution is 2.26. The fourth-order valence-corrected chi connectivity index (χ4v) is 4.97. The van der Waals surface area contributed by atoms with E-state index in [-0.39, 0.29) is 17.8 Å². The van der Waals surface area contributed by atoms with Crippen LogP contribution in [0.1, 0.15) is 12.5 Å². The van der Waals surface area contributed by atoms with E-state index < -0.39 is 10.8 Å². The molecule has 2 heterocycles. The van der Waals surface area contributed by atoms with Crippen LogP contribution in [0.2, 0.25) is 0 Å². The van der Waals surface area contributed by atoms with Crippen molar-refractivity contribution in [1.29, 1.82) is 0 Å². The minimum atomic E-state index is -1.29. The number of nitrogens with zero attached hydrogens (tertiary/aromatic N) is 2. The zero-order chi connectivity index (χ0) is 19.9. The van der Waals surface area contributed by atoms with E-state index in [1.807, 2.05) is 35.7 Å². The number of carbonyl (C=O) groups excluding carboxylic acids is 2. The lowest BCUT2D eigenvalue weighted by atomic mass is 10.0. The highest BCUT2D eigenvalue weighted by atomic mass is 32.2. The first-order valence-corrected chi connectivity index (χ1v) is 11.7. The van der Waals surface area contributed by atoms with E-state index in [1.54, 1.807) is 28.1 Å². The third-order valence-corrected chi connectivity index (χ3v) is 6.49. The number of thiophene rings is 1. The van der Waals surface area contributed by atoms with Gasteiger partial charge in [-0.05, 0) is 40.4 Å². The van der Waals surface area contributed by atoms with Crippen molar-refractivity contribution in [3.63, 3.8) is 0 Å². The lowest BCUT2D eigenvalue weighted by Crippen LogP contribution is -2.51. The molecule has 0 aliphatic carbocycles. The van der Waals surface area contributed by atoms with Crippen LogP contribution in [0.5, 0.6) is 0 Å². The molecule has 1 aliphatic heterocycles. The number of piperazine rings is 1. The number of amides is 2. The van der Waals surface area contributed by atoms with Crippen molar-refractivity contribution >= 4 is 34.1 Å². The zero-order valence-corrected chi connectivity index (χ0v) is 17.5. The van der Waals surface area contributed by atoms with Gasteiger partial charge in [-0.2, -0.15) is 11.3 Å². The Morgan fingerprint density at radius 3 is 2.50 bits per heavy atom. The van der Waals surface area contributed by atoms with E-state index in [0.717, 1.165) is 16.7 Å². The van der Waals surface area contributed by atoms with Crippen molar-refractivity contribution in [3.05, 3.63) is 46.7 Å². The normalized spacial score (nSPS) is 15.3. The van der Waals surface area contributed by atoms with Gasteiger partial charge in [0.1, 0.15) is 5.75 Å². The second-order valence-electron chi connectivity index (χ2n) is 6.46. The van der Waals surface area contributed by atoms with Crippen LogP contribution in [0.25, 0.3) is 11.1 Å². The van der Waals surface area contributed by atoms with Gasteiger partial charge in [0.05, 0.1) is 6.61 Å². The largest absolute Gasteiger partial charge is 0.450 e. The maximum Gasteiger partial charge on any atom is 0.409 e. The Labute approximate surface area is 171 Å². The van der Waals surface area contributed by atoms with Crippen molar-refractivity contribution in [2.45, 2.75) is 12.7 Å². The maximum atomic E-state index is 12.6. The van der Waals surface area contributed by atoms with Crippen LogP contribution in [0, 0.1) is 0 Å². The first-order chi connectivity index (χ1) is 13.6. The van der Waals surface area contributed by atoms with Gasteiger partial charge in [0.2, 0.25) is 5.91 Å². The number of hydrogen-bond donors (Lipinski definition) is 0. The minimum Gasteiger partial charge on any atom is -0.450 e. The zero-order valence-electron chi connectivity index (χ0n) is 15.8. The van der Waals surface area contributed by atoms with Gasteiger partial charge < -0.3 is 14.5 Å². The predicted octanol–water partition coefficient (Wildman–Crippen LogP) is 2.96. The van der Waals surface area contributed by atoms with E-state index in [1.165, 1.54) is 0 Å². The van der Waals surface area contributed by atoms with Crippen molar-refractivity contribution in [2.24, 2.45) is 0 Å². The molecule has 1 aromatic heterocycles. The van der Waals surface area contributed by atoms with Crippen LogP contribution in [0.4, 0.5) is 4.79 Å². The third kappa shape index (κ3) is 5.20. The fraction of sp³-hybridized carbons (Fsp3) is 0.400. The molecule has 1 atom stereocenters. The number of hydrogen-bond acceptors (Lipinski definition) is 5. The molecule has 1 saturated heterocycles. The Balaban J connectivity index is 1.54. The Hall–Kier alpha value is -2.19. The molecular formula is C20H24N2O4S2. The molecule has 6 nitrogen and oxygen atoms in total. The lowest BCUT2D eigenvalue weighted by molar-refractivity contribution is -0.129. The summed E-state index contributed by atoms with van der Waals surface area (Å²) in [7, 11) is -1.29. The van der Waals surface area contributed by atoms with Crippen LogP contribution in [-0.2, 0) is 26.1 Å². The van der Waals surface area contributed by atoms with Gasteiger partial charge in [-0.15, -0.1) is 0 Å². The molecule has 0 spiro atoms. The van der Waals surface area contributed by atoms with E-state index in [2.05, 4.69) is 5.38 Å². The van der Waals surface area contributed by atoms with Gasteiger partial charge in [-0.25, -0.2) is 4.79 Å². The van der Waals surface area contributed by atoms with Crippen molar-refractivity contribution in [1.82, 2.24) is 9.80 Å². The van der Waals surface area contributed by atoms with Gasteiger partial charge >= 0.3 is 6.09 Å². The maximum absolute atomic E-state index is 12.6. The second-order valence-corrected chi connectivity index (χ2v) is 8.70. The monoisotopic (exact) mass is 420 g/mol. The smallest absolute Gasteiger partial charge is 0.409 e. The minimum absolute atomic E-state index is 0.00260. The summed E-state index contributed by atoms with van der Waals surface area (Å²) in [6.45, 7) is 3.88. The molecule has 0 radical (unpaired) electrons. The molecule has 2 aromatic rings. The molecule has 8 heteroatoms. The molecule has 150 valence electrons. The SMILES string of the molecule is CCOC(=O)N1CCN(C(=O)CS(=O)Cc2ccccc2-c2ccsc2)CC1. The first kappa shape index (κ1) is 20.5. The van der Waals surface area contributed by atoms with E-state index in [0.29, 0.717) is 38.5 Å². The number of carbonyl (C=O) groups is 2. The summed E-state index contributed by atoms with van der Waals surface area (Å²) in [6, 6.07) is 9.92. The summed E-state index contributed by atoms with van der Waals surface area (Å²) >= 11 is 1.62. The lowest BCUT2D eigenvalue weighted by Gasteiger charge is -2.34. The van der Waals surface area contributed by atoms with Crippen molar-refractivity contribution in [3.8, 4) is 11.1 Å². The van der Waals surface area contributed by atoms with Crippen LogP contribution in [0.15, 0.2) is 41.1 Å². The molecule has 2 amide bonds. The predicted molar refractivity (Wildman–Crippen MR) is 112 cm³/mol. The van der Waals surface area contributed by atoms with E-state index in [4.69, 9.17) is 4.74 Å². The Morgan fingerprint density at radius 1 is 1.11 bits per heavy atom. The van der Waals surface area contributed by atoms with Crippen LogP contribution >= 0.6 is 11.3 Å². The summed E-state index contributed by atoms with van der Waals surface area (Å²) < 4.78 is 17.6. The van der Waals surface area contributed by atoms with E-state index >= 15 is 0 Å². The second kappa shape index (κ2) is 9.84. The van der Waals surface area contributed by atoms with E-state index in [9.17, 15) is 13.8 Å². The molecular weight excluding hydrogens is 396 g/mol. The van der Waals surface area contributed by atoms with Crippen molar-refractivity contribution in [2.75, 3.05) is 38.5 Å². The quantitative estimate of drug-likeness (QED) is 0.721. The van der Waals surface area contributed by atoms with Gasteiger partial charge in [0.25, 0.3) is 0 Å². The summed E-state index contributed by atoms with van der Waals surface area (Å²) in [5.41, 5.74) is 3.16. The van der Waals surface area contributed by atoms with Gasteiger partial charge in [0.15, 0.2) is 0 Å². The highest BCUT2D eigenvalue weighted by Gasteiger charge is 2.25. The number of benzene rings is 1. The Bertz CT molecular complexity index is 830. The molecule has 1 aromatic carbocycles. The Kier molecular flexibility index (Phi) is 7.22. The molecule has 28 heavy (non-hydrogen) atoms. The van der Waals surface area contributed by atoms with Crippen LogP contribution < -0.4 is 0 Å². The van der Waals surface area contributed by atoms with Crippen molar-refractivity contribution < 1.29 is 18.5 Å². The van der Waals surface area contributed by atoms with Gasteiger partial charge in [-0.1, -0.05) is 24.3 Å². The average molecular weight is 421 g/mol. The first-order valence-electron chi connectivity index (χ1n) is 9.23. The standard InChI is InChI=1S/C20H24N2O4S2/c1-2-26-20(24)22-10-8-21(9-11-22)19(23)15-28(25)14-17-5-3-4-6-18(17)16-7-12-27-13-16/h3-7,12-13H,2,8-11,14-15H2,1H3. The third-order valence-electron chi connectivity index (χ3n) is 4.61. The highest BCUT2D eigenvalue weighted by molar-refractivity contribution is 7.84. The summed E-state index contributed by atoms with van der Waals surface area (Å²) in [6.07, 6.45) is -0.344. The number of rotatable bonds is 6. The molecule has 1 aliphatic rings. The van der Waals surface area contributed by atoms with Crippen LogP contribution in [-0.4, -0.2) is 64.5 Å². The summed E-state index contributed by atoms with van der Waals surface area (Å²) in [4.78, 5) is 27.5. The summed E-state index contributed by atoms with van der Waals surface area (Å²) in [5.74, 6) is 0.215. The molecule has 0 saturated carbocycles. The fourth-order valence-electron chi connectivity index (χ4n) is 3.15. The van der Waals surface area contributed by atoms with Gasteiger partial charge in [0, 0.05) is 42.7 Å². The van der Waals surface area contributed by atoms with Crippen LogP contribution in [0.3, 0.4) is 0 Å². The topological polar surface area (TPSA) is 66.9 Å². The molecule has 3 rings (SSSR count). The Morgan fingerprint density at radius 2 is 1.82 bits per heavy atom. The summed E-state index contributed by atoms with van der Waals surface area (Å²) in [5, 5.41) is 4.08. The number of ether oxygens (including phenoxy) is 1. The molecule has 0 bridgehead atoms. The molecule has 1 fully saturated rings. The average Bonchev–Trinajstić information content (AvgIpc) is 3.23.